The maximum atomic E-state index is 12.9. The van der Waals surface area contributed by atoms with Crippen molar-refractivity contribution in [1.82, 2.24) is 24.6 Å². The van der Waals surface area contributed by atoms with Gasteiger partial charge in [-0.1, -0.05) is 12.1 Å². The first kappa shape index (κ1) is 15.5. The maximum Gasteiger partial charge on any atom is 0.275 e. The summed E-state index contributed by atoms with van der Waals surface area (Å²) >= 11 is 0. The van der Waals surface area contributed by atoms with Crippen LogP contribution in [0.5, 0.6) is 0 Å². The van der Waals surface area contributed by atoms with E-state index in [9.17, 15) is 4.79 Å². The Morgan fingerprint density at radius 2 is 2.04 bits per heavy atom. The van der Waals surface area contributed by atoms with Crippen LogP contribution in [0.25, 0.3) is 16.7 Å². The minimum absolute atomic E-state index is 0.0991. The van der Waals surface area contributed by atoms with Crippen LogP contribution >= 0.6 is 0 Å². The fourth-order valence-corrected chi connectivity index (χ4v) is 2.96. The maximum absolute atomic E-state index is 12.9. The number of morpholine rings is 1. The zero-order valence-corrected chi connectivity index (χ0v) is 13.8. The monoisotopic (exact) mass is 338 g/mol. The highest BCUT2D eigenvalue weighted by Gasteiger charge is 2.25. The Morgan fingerprint density at radius 3 is 2.80 bits per heavy atom. The molecule has 3 aromatic rings. The number of nitrogens with two attached hydrogens (primary N) is 1. The fraction of sp³-hybridized carbons (Fsp3) is 0.294. The predicted molar refractivity (Wildman–Crippen MR) is 92.5 cm³/mol. The lowest BCUT2D eigenvalue weighted by molar-refractivity contribution is 0.0300. The number of hydrogen-bond donors (Lipinski definition) is 1. The Balaban J connectivity index is 1.86. The molecule has 0 atom stereocenters. The molecule has 2 aromatic heterocycles. The third-order valence-corrected chi connectivity index (χ3v) is 4.21. The molecule has 1 amide bonds. The van der Waals surface area contributed by atoms with E-state index in [4.69, 9.17) is 10.5 Å². The number of rotatable bonds is 2. The quantitative estimate of drug-likeness (QED) is 0.753. The Kier molecular flexibility index (Phi) is 3.81. The lowest BCUT2D eigenvalue weighted by atomic mass is 10.1. The van der Waals surface area contributed by atoms with E-state index in [0.717, 1.165) is 16.5 Å². The zero-order valence-electron chi connectivity index (χ0n) is 13.8. The van der Waals surface area contributed by atoms with Crippen LogP contribution in [0.1, 0.15) is 16.1 Å². The lowest BCUT2D eigenvalue weighted by Crippen LogP contribution is -2.41. The second kappa shape index (κ2) is 6.14. The molecular weight excluding hydrogens is 320 g/mol. The molecule has 1 aromatic carbocycles. The average molecular weight is 338 g/mol. The van der Waals surface area contributed by atoms with Gasteiger partial charge in [-0.15, -0.1) is 0 Å². The normalized spacial score (nSPS) is 14.8. The topological polar surface area (TPSA) is 99.2 Å². The van der Waals surface area contributed by atoms with E-state index in [0.29, 0.717) is 37.8 Å². The summed E-state index contributed by atoms with van der Waals surface area (Å²) in [6, 6.07) is 7.59. The minimum atomic E-state index is -0.0991. The highest BCUT2D eigenvalue weighted by atomic mass is 16.5. The molecule has 1 saturated heterocycles. The molecule has 1 fully saturated rings. The standard InChI is InChI=1S/C17H18N6O2/c1-11-2-3-12-13(10-11)23(14-4-5-19-17(18)20-14)21-15(12)16(24)22-6-8-25-9-7-22/h2-5,10H,6-9H2,1H3,(H2,18,19,20). The summed E-state index contributed by atoms with van der Waals surface area (Å²) in [5.41, 5.74) is 8.00. The highest BCUT2D eigenvalue weighted by Crippen LogP contribution is 2.24. The number of nitrogen functional groups attached to an aromatic ring is 1. The molecule has 8 heteroatoms. The molecular formula is C17H18N6O2. The van der Waals surface area contributed by atoms with E-state index in [2.05, 4.69) is 15.1 Å². The van der Waals surface area contributed by atoms with E-state index < -0.39 is 0 Å². The second-order valence-corrected chi connectivity index (χ2v) is 5.96. The van der Waals surface area contributed by atoms with Crippen molar-refractivity contribution in [3.8, 4) is 5.82 Å². The van der Waals surface area contributed by atoms with Gasteiger partial charge in [0, 0.05) is 30.7 Å². The van der Waals surface area contributed by atoms with Gasteiger partial charge in [0.05, 0.1) is 18.7 Å². The Bertz CT molecular complexity index is 945. The molecule has 0 bridgehead atoms. The summed E-state index contributed by atoms with van der Waals surface area (Å²) in [7, 11) is 0. The predicted octanol–water partition coefficient (Wildman–Crippen LogP) is 1.18. The Hall–Kier alpha value is -3.00. The van der Waals surface area contributed by atoms with Crippen molar-refractivity contribution in [2.75, 3.05) is 32.0 Å². The van der Waals surface area contributed by atoms with Gasteiger partial charge in [-0.3, -0.25) is 4.79 Å². The molecule has 1 aliphatic heterocycles. The van der Waals surface area contributed by atoms with Crippen LogP contribution in [0.2, 0.25) is 0 Å². The SMILES string of the molecule is Cc1ccc2c(C(=O)N3CCOCC3)nn(-c3ccnc(N)n3)c2c1. The third kappa shape index (κ3) is 2.80. The summed E-state index contributed by atoms with van der Waals surface area (Å²) in [5.74, 6) is 0.594. The first-order valence-electron chi connectivity index (χ1n) is 8.09. The Morgan fingerprint density at radius 1 is 1.24 bits per heavy atom. The molecule has 0 radical (unpaired) electrons. The molecule has 4 rings (SSSR count). The number of ether oxygens (including phenoxy) is 1. The van der Waals surface area contributed by atoms with Crippen molar-refractivity contribution in [2.45, 2.75) is 6.92 Å². The van der Waals surface area contributed by atoms with Gasteiger partial charge in [0.15, 0.2) is 11.5 Å². The number of anilines is 1. The summed E-state index contributed by atoms with van der Waals surface area (Å²) in [6.45, 7) is 4.23. The van der Waals surface area contributed by atoms with Crippen molar-refractivity contribution in [2.24, 2.45) is 0 Å². The van der Waals surface area contributed by atoms with Crippen LogP contribution in [0.3, 0.4) is 0 Å². The molecule has 0 aliphatic carbocycles. The van der Waals surface area contributed by atoms with Crippen molar-refractivity contribution in [3.63, 3.8) is 0 Å². The van der Waals surface area contributed by atoms with Gasteiger partial charge in [0.2, 0.25) is 5.95 Å². The molecule has 25 heavy (non-hydrogen) atoms. The van der Waals surface area contributed by atoms with Gasteiger partial charge in [-0.2, -0.15) is 10.1 Å². The number of nitrogens with zero attached hydrogens (tertiary/aromatic N) is 5. The molecule has 0 saturated carbocycles. The van der Waals surface area contributed by atoms with Crippen molar-refractivity contribution in [3.05, 3.63) is 41.7 Å². The van der Waals surface area contributed by atoms with E-state index in [-0.39, 0.29) is 11.9 Å². The van der Waals surface area contributed by atoms with Crippen LogP contribution < -0.4 is 5.73 Å². The van der Waals surface area contributed by atoms with Gasteiger partial charge in [0.1, 0.15) is 0 Å². The van der Waals surface area contributed by atoms with E-state index in [1.807, 2.05) is 25.1 Å². The van der Waals surface area contributed by atoms with Crippen molar-refractivity contribution in [1.29, 1.82) is 0 Å². The first-order valence-corrected chi connectivity index (χ1v) is 8.09. The molecule has 2 N–H and O–H groups in total. The summed E-state index contributed by atoms with van der Waals surface area (Å²) in [4.78, 5) is 22.9. The van der Waals surface area contributed by atoms with Crippen LogP contribution in [0.15, 0.2) is 30.5 Å². The molecule has 8 nitrogen and oxygen atoms in total. The van der Waals surface area contributed by atoms with Crippen molar-refractivity contribution >= 4 is 22.8 Å². The number of carbonyl (C=O) groups is 1. The van der Waals surface area contributed by atoms with Gasteiger partial charge >= 0.3 is 0 Å². The summed E-state index contributed by atoms with van der Waals surface area (Å²) in [5, 5.41) is 5.35. The molecule has 3 heterocycles. The van der Waals surface area contributed by atoms with Crippen LogP contribution in [0.4, 0.5) is 5.95 Å². The number of fused-ring (bicyclic) bond motifs is 1. The fourth-order valence-electron chi connectivity index (χ4n) is 2.96. The molecule has 0 unspecified atom stereocenters. The number of aromatic nitrogens is 4. The van der Waals surface area contributed by atoms with E-state index in [1.54, 1.807) is 21.8 Å². The zero-order chi connectivity index (χ0) is 17.4. The molecule has 128 valence electrons. The number of hydrogen-bond acceptors (Lipinski definition) is 6. The highest BCUT2D eigenvalue weighted by molar-refractivity contribution is 6.05. The Labute approximate surface area is 144 Å². The average Bonchev–Trinajstić information content (AvgIpc) is 3.00. The van der Waals surface area contributed by atoms with Crippen LogP contribution in [-0.4, -0.2) is 56.9 Å². The van der Waals surface area contributed by atoms with Crippen LogP contribution in [-0.2, 0) is 4.74 Å². The number of amides is 1. The lowest BCUT2D eigenvalue weighted by Gasteiger charge is -2.26. The first-order chi connectivity index (χ1) is 12.1. The van der Waals surface area contributed by atoms with Crippen LogP contribution in [0, 0.1) is 6.92 Å². The molecule has 1 aliphatic rings. The second-order valence-electron chi connectivity index (χ2n) is 5.96. The summed E-state index contributed by atoms with van der Waals surface area (Å²) in [6.07, 6.45) is 1.57. The van der Waals surface area contributed by atoms with E-state index >= 15 is 0 Å². The van der Waals surface area contributed by atoms with Gasteiger partial charge in [-0.25, -0.2) is 9.67 Å². The smallest absolute Gasteiger partial charge is 0.275 e. The van der Waals surface area contributed by atoms with Gasteiger partial charge in [0.25, 0.3) is 5.91 Å². The van der Waals surface area contributed by atoms with Gasteiger partial charge < -0.3 is 15.4 Å². The largest absolute Gasteiger partial charge is 0.378 e. The third-order valence-electron chi connectivity index (χ3n) is 4.21. The number of benzene rings is 1. The minimum Gasteiger partial charge on any atom is -0.378 e. The molecule has 0 spiro atoms. The number of aryl methyl sites for hydroxylation is 1. The van der Waals surface area contributed by atoms with Gasteiger partial charge in [-0.05, 0) is 18.6 Å². The van der Waals surface area contributed by atoms with Crippen molar-refractivity contribution < 1.29 is 9.53 Å². The summed E-state index contributed by atoms with van der Waals surface area (Å²) < 4.78 is 6.97. The number of carbonyl (C=O) groups excluding carboxylic acids is 1. The van der Waals surface area contributed by atoms with E-state index in [1.165, 1.54) is 0 Å².